The minimum absolute atomic E-state index is 0.0528. The molecule has 0 radical (unpaired) electrons. The average molecular weight is 479 g/mol. The fourth-order valence-electron chi connectivity index (χ4n) is 4.06. The molecule has 0 spiro atoms. The molecule has 2 aromatic carbocycles. The first-order valence-electron chi connectivity index (χ1n) is 11.2. The first-order chi connectivity index (χ1) is 16.9. The van der Waals surface area contributed by atoms with Gasteiger partial charge < -0.3 is 24.4 Å². The molecule has 0 saturated carbocycles. The third-order valence-electron chi connectivity index (χ3n) is 6.09. The molecule has 1 fully saturated rings. The van der Waals surface area contributed by atoms with Crippen LogP contribution < -0.4 is 10.1 Å². The van der Waals surface area contributed by atoms with Crippen molar-refractivity contribution in [1.82, 2.24) is 24.3 Å². The van der Waals surface area contributed by atoms with Crippen LogP contribution in [0.3, 0.4) is 0 Å². The summed E-state index contributed by atoms with van der Waals surface area (Å²) < 4.78 is 35.5. The molecule has 1 aliphatic rings. The first-order valence-corrected chi connectivity index (χ1v) is 11.2. The summed E-state index contributed by atoms with van der Waals surface area (Å²) in [6.07, 6.45) is 3.41. The maximum atomic E-state index is 15.0. The molecule has 0 atom stereocenters. The molecule has 5 rings (SSSR count). The Morgan fingerprint density at radius 2 is 1.83 bits per heavy atom. The number of fused-ring (bicyclic) bond motifs is 1. The normalized spacial score (nSPS) is 14.3. The predicted molar refractivity (Wildman–Crippen MR) is 128 cm³/mol. The molecule has 0 bridgehead atoms. The second kappa shape index (κ2) is 9.30. The summed E-state index contributed by atoms with van der Waals surface area (Å²) >= 11 is 0. The van der Waals surface area contributed by atoms with E-state index >= 15 is 4.39 Å². The van der Waals surface area contributed by atoms with Crippen LogP contribution in [-0.4, -0.2) is 70.6 Å². The third kappa shape index (κ3) is 4.52. The van der Waals surface area contributed by atoms with Gasteiger partial charge in [0.1, 0.15) is 11.5 Å². The fraction of sp³-hybridized carbons (Fsp3) is 0.240. The van der Waals surface area contributed by atoms with Crippen LogP contribution in [0, 0.1) is 11.6 Å². The molecule has 4 aromatic rings. The number of carbonyl (C=O) groups excluding carboxylic acids is 1. The molecule has 0 unspecified atom stereocenters. The maximum absolute atomic E-state index is 15.0. The number of piperazine rings is 1. The molecule has 1 aliphatic heterocycles. The van der Waals surface area contributed by atoms with Crippen molar-refractivity contribution in [3.63, 3.8) is 0 Å². The zero-order valence-corrected chi connectivity index (χ0v) is 19.3. The van der Waals surface area contributed by atoms with Crippen molar-refractivity contribution in [2.45, 2.75) is 0 Å². The van der Waals surface area contributed by atoms with E-state index in [4.69, 9.17) is 4.74 Å². The summed E-state index contributed by atoms with van der Waals surface area (Å²) in [5.41, 5.74) is 1.69. The summed E-state index contributed by atoms with van der Waals surface area (Å²) in [6, 6.07) is 10.7. The van der Waals surface area contributed by atoms with Crippen molar-refractivity contribution >= 4 is 28.6 Å². The number of halogens is 2. The number of hydrogen-bond acceptors (Lipinski definition) is 6. The number of methoxy groups -OCH3 is 1. The Morgan fingerprint density at radius 1 is 1.03 bits per heavy atom. The number of hydrogen-bond donors (Lipinski definition) is 1. The van der Waals surface area contributed by atoms with Gasteiger partial charge in [-0.05, 0) is 43.4 Å². The summed E-state index contributed by atoms with van der Waals surface area (Å²) in [6.45, 7) is 2.68. The van der Waals surface area contributed by atoms with Crippen molar-refractivity contribution in [2.75, 3.05) is 45.7 Å². The van der Waals surface area contributed by atoms with Gasteiger partial charge in [0.05, 0.1) is 12.7 Å². The highest BCUT2D eigenvalue weighted by molar-refractivity contribution is 5.95. The Hall–Kier alpha value is -4.05. The van der Waals surface area contributed by atoms with Gasteiger partial charge in [-0.25, -0.2) is 13.8 Å². The Morgan fingerprint density at radius 3 is 2.57 bits per heavy atom. The monoisotopic (exact) mass is 478 g/mol. The number of carbonyl (C=O) groups is 1. The second-order valence-electron chi connectivity index (χ2n) is 8.39. The van der Waals surface area contributed by atoms with Gasteiger partial charge in [0.15, 0.2) is 11.6 Å². The lowest BCUT2D eigenvalue weighted by Gasteiger charge is -2.32. The van der Waals surface area contributed by atoms with E-state index in [-0.39, 0.29) is 23.2 Å². The van der Waals surface area contributed by atoms with Gasteiger partial charge in [-0.2, -0.15) is 4.98 Å². The lowest BCUT2D eigenvalue weighted by Crippen LogP contribution is -2.47. The standard InChI is InChI=1S/C25H24F2N6O2/c1-31-9-11-32(12-10-31)24(34)19-5-4-18(14-21(19)27)33-8-7-16-15-28-25(30-23(16)33)29-17-3-6-20(26)22(13-17)35-2/h3-8,13-15H,9-12H2,1-2H3,(H,28,29,30). The van der Waals surface area contributed by atoms with Crippen LogP contribution in [0.4, 0.5) is 20.4 Å². The number of nitrogens with one attached hydrogen (secondary N) is 1. The van der Waals surface area contributed by atoms with Gasteiger partial charge in [0.2, 0.25) is 5.95 Å². The predicted octanol–water partition coefficient (Wildman–Crippen LogP) is 3.84. The molecule has 8 nitrogen and oxygen atoms in total. The van der Waals surface area contributed by atoms with E-state index in [1.807, 2.05) is 13.1 Å². The van der Waals surface area contributed by atoms with Crippen molar-refractivity contribution in [3.05, 3.63) is 72.1 Å². The highest BCUT2D eigenvalue weighted by atomic mass is 19.1. The lowest BCUT2D eigenvalue weighted by molar-refractivity contribution is 0.0659. The number of likely N-dealkylation sites (N-methyl/N-ethyl adjacent to an activating group) is 1. The highest BCUT2D eigenvalue weighted by Crippen LogP contribution is 2.25. The van der Waals surface area contributed by atoms with Crippen LogP contribution in [0.5, 0.6) is 5.75 Å². The number of nitrogens with zero attached hydrogens (tertiary/aromatic N) is 5. The van der Waals surface area contributed by atoms with Crippen LogP contribution in [0.1, 0.15) is 10.4 Å². The summed E-state index contributed by atoms with van der Waals surface area (Å²) in [4.78, 5) is 25.5. The average Bonchev–Trinajstić information content (AvgIpc) is 3.28. The Kier molecular flexibility index (Phi) is 6.04. The van der Waals surface area contributed by atoms with Crippen LogP contribution in [-0.2, 0) is 0 Å². The number of amides is 1. The largest absolute Gasteiger partial charge is 0.494 e. The topological polar surface area (TPSA) is 75.5 Å². The van der Waals surface area contributed by atoms with E-state index in [1.54, 1.807) is 34.0 Å². The van der Waals surface area contributed by atoms with Crippen LogP contribution in [0.25, 0.3) is 16.7 Å². The third-order valence-corrected chi connectivity index (χ3v) is 6.09. The van der Waals surface area contributed by atoms with E-state index in [9.17, 15) is 9.18 Å². The summed E-state index contributed by atoms with van der Waals surface area (Å²) in [7, 11) is 3.39. The minimum Gasteiger partial charge on any atom is -0.494 e. The zero-order valence-electron chi connectivity index (χ0n) is 19.3. The zero-order chi connectivity index (χ0) is 24.5. The first kappa shape index (κ1) is 22.7. The quantitative estimate of drug-likeness (QED) is 0.470. The number of anilines is 2. The van der Waals surface area contributed by atoms with Crippen molar-refractivity contribution in [3.8, 4) is 11.4 Å². The number of aromatic nitrogens is 3. The van der Waals surface area contributed by atoms with Crippen LogP contribution in [0.2, 0.25) is 0 Å². The summed E-state index contributed by atoms with van der Waals surface area (Å²) in [5.74, 6) is -0.975. The maximum Gasteiger partial charge on any atom is 0.256 e. The fourth-order valence-corrected chi connectivity index (χ4v) is 4.06. The molecule has 1 amide bonds. The molecule has 3 heterocycles. The number of ether oxygens (including phenoxy) is 1. The molecule has 2 aromatic heterocycles. The molecular weight excluding hydrogens is 454 g/mol. The molecule has 180 valence electrons. The van der Waals surface area contributed by atoms with E-state index in [2.05, 4.69) is 20.2 Å². The van der Waals surface area contributed by atoms with Crippen molar-refractivity contribution in [1.29, 1.82) is 0 Å². The SMILES string of the molecule is COc1cc(Nc2ncc3ccn(-c4ccc(C(=O)N5CCN(C)CC5)c(F)c4)c3n2)ccc1F. The minimum atomic E-state index is -0.584. The van der Waals surface area contributed by atoms with Crippen molar-refractivity contribution < 1.29 is 18.3 Å². The Labute approximate surface area is 200 Å². The molecular formula is C25H24F2N6O2. The van der Waals surface area contributed by atoms with Gasteiger partial charge in [0.25, 0.3) is 5.91 Å². The van der Waals surface area contributed by atoms with Gasteiger partial charge in [-0.3, -0.25) is 4.79 Å². The lowest BCUT2D eigenvalue weighted by atomic mass is 10.1. The van der Waals surface area contributed by atoms with Crippen molar-refractivity contribution in [2.24, 2.45) is 0 Å². The molecule has 10 heteroatoms. The molecule has 35 heavy (non-hydrogen) atoms. The van der Waals surface area contributed by atoms with E-state index in [0.717, 1.165) is 18.5 Å². The smallest absolute Gasteiger partial charge is 0.256 e. The Balaban J connectivity index is 1.42. The van der Waals surface area contributed by atoms with Gasteiger partial charge in [0, 0.05) is 61.4 Å². The van der Waals surface area contributed by atoms with E-state index in [1.165, 1.54) is 31.4 Å². The Bertz CT molecular complexity index is 1400. The number of rotatable bonds is 5. The molecule has 1 saturated heterocycles. The molecule has 0 aliphatic carbocycles. The van der Waals surface area contributed by atoms with Crippen LogP contribution in [0.15, 0.2) is 54.9 Å². The second-order valence-corrected chi connectivity index (χ2v) is 8.39. The van der Waals surface area contributed by atoms with Gasteiger partial charge in [-0.1, -0.05) is 0 Å². The van der Waals surface area contributed by atoms with Crippen LogP contribution >= 0.6 is 0 Å². The molecule has 1 N–H and O–H groups in total. The summed E-state index contributed by atoms with van der Waals surface area (Å²) in [5, 5.41) is 3.79. The van der Waals surface area contributed by atoms with Gasteiger partial charge in [-0.15, -0.1) is 0 Å². The van der Waals surface area contributed by atoms with E-state index in [0.29, 0.717) is 30.1 Å². The van der Waals surface area contributed by atoms with Gasteiger partial charge >= 0.3 is 0 Å². The highest BCUT2D eigenvalue weighted by Gasteiger charge is 2.23. The number of benzene rings is 2. The van der Waals surface area contributed by atoms with E-state index < -0.39 is 11.6 Å².